The van der Waals surface area contributed by atoms with E-state index in [-0.39, 0.29) is 0 Å². The van der Waals surface area contributed by atoms with Crippen LogP contribution in [0.4, 0.5) is 0 Å². The van der Waals surface area contributed by atoms with Crippen molar-refractivity contribution in [1.82, 2.24) is 0 Å². The average molecular weight is 236 g/mol. The zero-order chi connectivity index (χ0) is 6.95. The largest absolute Gasteiger partial charge is 0.303 e. The molecule has 1 nitrogen and oxygen atoms in total. The van der Waals surface area contributed by atoms with Gasteiger partial charge < -0.3 is 4.79 Å². The van der Waals surface area contributed by atoms with Crippen LogP contribution in [0, 0.1) is 0 Å². The van der Waals surface area contributed by atoms with Crippen molar-refractivity contribution in [3.8, 4) is 0 Å². The number of allylic oxidation sites excluding steroid dienone is 3. The van der Waals surface area contributed by atoms with Gasteiger partial charge in [0.1, 0.15) is 6.29 Å². The third kappa shape index (κ3) is 7.88. The summed E-state index contributed by atoms with van der Waals surface area (Å²) in [5.41, 5.74) is 0. The number of carbonyl (C=O) groups excluding carboxylic acids is 1. The van der Waals surface area contributed by atoms with Crippen LogP contribution in [-0.4, -0.2) is 6.29 Å². The molecular formula is C7H9IO. The molecule has 0 fully saturated rings. The summed E-state index contributed by atoms with van der Waals surface area (Å²) in [6.45, 7) is 0. The van der Waals surface area contributed by atoms with Crippen molar-refractivity contribution in [1.29, 1.82) is 0 Å². The Morgan fingerprint density at radius 3 is 2.56 bits per heavy atom. The summed E-state index contributed by atoms with van der Waals surface area (Å²) in [5, 5.41) is 0. The van der Waals surface area contributed by atoms with Crippen LogP contribution < -0.4 is 0 Å². The lowest BCUT2D eigenvalue weighted by Gasteiger charge is -1.77. The molecule has 0 radical (unpaired) electrons. The van der Waals surface area contributed by atoms with E-state index in [0.717, 1.165) is 12.7 Å². The molecular weight excluding hydrogens is 227 g/mol. The van der Waals surface area contributed by atoms with Gasteiger partial charge in [0.25, 0.3) is 0 Å². The Kier molecular flexibility index (Phi) is 7.77. The maximum atomic E-state index is 9.78. The van der Waals surface area contributed by atoms with Gasteiger partial charge >= 0.3 is 0 Å². The van der Waals surface area contributed by atoms with Crippen molar-refractivity contribution >= 4 is 28.9 Å². The molecule has 0 atom stereocenters. The molecule has 0 unspecified atom stereocenters. The molecule has 0 heterocycles. The van der Waals surface area contributed by atoms with Gasteiger partial charge in [-0.15, -0.1) is 0 Å². The number of halogens is 1. The van der Waals surface area contributed by atoms with E-state index in [0.29, 0.717) is 6.42 Å². The molecule has 0 aliphatic rings. The highest BCUT2D eigenvalue weighted by Crippen LogP contribution is 1.89. The first-order valence-corrected chi connectivity index (χ1v) is 4.02. The summed E-state index contributed by atoms with van der Waals surface area (Å²) >= 11 is 2.15. The molecule has 0 saturated carbocycles. The first kappa shape index (κ1) is 8.88. The zero-order valence-corrected chi connectivity index (χ0v) is 7.24. The van der Waals surface area contributed by atoms with Crippen molar-refractivity contribution in [2.45, 2.75) is 12.8 Å². The molecule has 0 saturated heterocycles. The minimum Gasteiger partial charge on any atom is -0.303 e. The van der Waals surface area contributed by atoms with Gasteiger partial charge in [0.15, 0.2) is 0 Å². The Balaban J connectivity index is 3.14. The normalized spacial score (nSPS) is 11.2. The van der Waals surface area contributed by atoms with E-state index in [4.69, 9.17) is 0 Å². The molecule has 0 spiro atoms. The maximum Gasteiger partial charge on any atom is 0.120 e. The lowest BCUT2D eigenvalue weighted by molar-refractivity contribution is -0.107. The lowest BCUT2D eigenvalue weighted by Crippen LogP contribution is -1.68. The monoisotopic (exact) mass is 236 g/mol. The van der Waals surface area contributed by atoms with Crippen LogP contribution in [0.5, 0.6) is 0 Å². The summed E-state index contributed by atoms with van der Waals surface area (Å²) in [6.07, 6.45) is 8.26. The standard InChI is InChI=1S/C7H9IO/c8-6-4-2-1-3-5-7-9/h1-2,4,6-7H,3,5H2/b2-1-,6-4+. The number of carbonyl (C=O) groups is 1. The van der Waals surface area contributed by atoms with E-state index in [1.807, 2.05) is 22.3 Å². The Labute approximate surface area is 69.0 Å². The molecule has 9 heavy (non-hydrogen) atoms. The van der Waals surface area contributed by atoms with E-state index >= 15 is 0 Å². The number of unbranched alkanes of at least 4 members (excludes halogenated alkanes) is 1. The molecule has 2 heteroatoms. The van der Waals surface area contributed by atoms with Crippen LogP contribution in [0.2, 0.25) is 0 Å². The molecule has 0 bridgehead atoms. The van der Waals surface area contributed by atoms with Crippen molar-refractivity contribution in [3.63, 3.8) is 0 Å². The van der Waals surface area contributed by atoms with Gasteiger partial charge in [-0.1, -0.05) is 40.8 Å². The van der Waals surface area contributed by atoms with Gasteiger partial charge in [0.2, 0.25) is 0 Å². The predicted molar refractivity (Wildman–Crippen MR) is 47.6 cm³/mol. The van der Waals surface area contributed by atoms with Crippen molar-refractivity contribution < 1.29 is 4.79 Å². The van der Waals surface area contributed by atoms with Gasteiger partial charge in [-0.2, -0.15) is 0 Å². The molecule has 0 aliphatic carbocycles. The smallest absolute Gasteiger partial charge is 0.120 e. The van der Waals surface area contributed by atoms with Gasteiger partial charge in [-0.3, -0.25) is 0 Å². The summed E-state index contributed by atoms with van der Waals surface area (Å²) in [7, 11) is 0. The van der Waals surface area contributed by atoms with Crippen LogP contribution in [0.1, 0.15) is 12.8 Å². The number of hydrogen-bond acceptors (Lipinski definition) is 1. The van der Waals surface area contributed by atoms with Crippen LogP contribution in [0.3, 0.4) is 0 Å². The second-order valence-corrected chi connectivity index (χ2v) is 2.21. The molecule has 0 rings (SSSR count). The topological polar surface area (TPSA) is 17.1 Å². The van der Waals surface area contributed by atoms with Gasteiger partial charge in [-0.05, 0) is 10.5 Å². The number of hydrogen-bond donors (Lipinski definition) is 0. The molecule has 0 aromatic heterocycles. The first-order chi connectivity index (χ1) is 4.41. The molecule has 0 aromatic carbocycles. The fourth-order valence-corrected chi connectivity index (χ4v) is 0.621. The summed E-state index contributed by atoms with van der Waals surface area (Å²) < 4.78 is 1.93. The number of rotatable bonds is 4. The SMILES string of the molecule is O=CCC/C=C\C=C\I. The summed E-state index contributed by atoms with van der Waals surface area (Å²) in [5.74, 6) is 0. The minimum atomic E-state index is 0.631. The van der Waals surface area contributed by atoms with Crippen LogP contribution in [0.25, 0.3) is 0 Å². The van der Waals surface area contributed by atoms with E-state index < -0.39 is 0 Å². The van der Waals surface area contributed by atoms with E-state index in [9.17, 15) is 4.79 Å². The zero-order valence-electron chi connectivity index (χ0n) is 5.09. The highest BCUT2D eigenvalue weighted by molar-refractivity contribution is 14.1. The van der Waals surface area contributed by atoms with Gasteiger partial charge in [0, 0.05) is 6.42 Å². The highest BCUT2D eigenvalue weighted by Gasteiger charge is 1.73. The third-order valence-corrected chi connectivity index (χ3v) is 1.19. The lowest BCUT2D eigenvalue weighted by atomic mass is 10.3. The highest BCUT2D eigenvalue weighted by atomic mass is 127. The third-order valence-electron chi connectivity index (χ3n) is 0.771. The molecule has 0 aromatic rings. The Hall–Kier alpha value is -0.120. The number of aldehydes is 1. The van der Waals surface area contributed by atoms with Crippen LogP contribution in [0.15, 0.2) is 22.3 Å². The second-order valence-electron chi connectivity index (χ2n) is 1.49. The quantitative estimate of drug-likeness (QED) is 0.317. The Morgan fingerprint density at radius 1 is 1.22 bits per heavy atom. The van der Waals surface area contributed by atoms with Crippen molar-refractivity contribution in [2.24, 2.45) is 0 Å². The molecule has 50 valence electrons. The van der Waals surface area contributed by atoms with E-state index in [1.54, 1.807) is 0 Å². The summed E-state index contributed by atoms with van der Waals surface area (Å²) in [6, 6.07) is 0. The second kappa shape index (κ2) is 7.88. The average Bonchev–Trinajstić information content (AvgIpc) is 1.89. The van der Waals surface area contributed by atoms with Gasteiger partial charge in [-0.25, -0.2) is 0 Å². The maximum absolute atomic E-state index is 9.78. The van der Waals surface area contributed by atoms with E-state index in [2.05, 4.69) is 22.6 Å². The predicted octanol–water partition coefficient (Wildman–Crippen LogP) is 2.47. The van der Waals surface area contributed by atoms with Crippen molar-refractivity contribution in [3.05, 3.63) is 22.3 Å². The Morgan fingerprint density at radius 2 is 2.00 bits per heavy atom. The molecule has 0 N–H and O–H groups in total. The first-order valence-electron chi connectivity index (χ1n) is 2.77. The fourth-order valence-electron chi connectivity index (χ4n) is 0.381. The summed E-state index contributed by atoms with van der Waals surface area (Å²) in [4.78, 5) is 9.78. The fraction of sp³-hybridized carbons (Fsp3) is 0.286. The van der Waals surface area contributed by atoms with E-state index in [1.165, 1.54) is 0 Å². The van der Waals surface area contributed by atoms with Crippen LogP contribution >= 0.6 is 22.6 Å². The van der Waals surface area contributed by atoms with Crippen molar-refractivity contribution in [2.75, 3.05) is 0 Å². The molecule has 0 amide bonds. The van der Waals surface area contributed by atoms with Gasteiger partial charge in [0.05, 0.1) is 0 Å². The van der Waals surface area contributed by atoms with Crippen LogP contribution in [-0.2, 0) is 4.79 Å². The molecule has 0 aliphatic heterocycles. The minimum absolute atomic E-state index is 0.631. The Bertz CT molecular complexity index is 116.